The maximum Gasteiger partial charge on any atom is 0.143 e. The Morgan fingerprint density at radius 3 is 1.83 bits per heavy atom. The van der Waals surface area contributed by atoms with Crippen molar-refractivity contribution in [3.8, 4) is 22.3 Å². The van der Waals surface area contributed by atoms with Crippen molar-refractivity contribution < 1.29 is 4.42 Å². The van der Waals surface area contributed by atoms with Gasteiger partial charge in [0.1, 0.15) is 11.2 Å². The van der Waals surface area contributed by atoms with Gasteiger partial charge < -0.3 is 9.32 Å². The van der Waals surface area contributed by atoms with Crippen LogP contribution >= 0.6 is 0 Å². The number of hydrogen-bond acceptors (Lipinski definition) is 2. The number of para-hydroxylation sites is 1. The molecule has 0 atom stereocenters. The molecular formula is C52H33NO. The monoisotopic (exact) mass is 687 g/mol. The van der Waals surface area contributed by atoms with E-state index in [4.69, 9.17) is 4.42 Å². The molecule has 252 valence electrons. The first kappa shape index (κ1) is 30.5. The molecule has 1 aromatic heterocycles. The standard InChI is InChI=1S/C52H33NO/c1-2-10-34(11-3-1)39-14-8-15-41(32-39)53(42-28-22-37-24-31-48-46-17-6-7-19-50(46)54-52(48)49(37)33-42)40-26-20-36(21-27-40)44-18-9-13-38-25-29-45-43-16-5-4-12-35(43)23-30-47(45)51(38)44/h1-33H. The van der Waals surface area contributed by atoms with Crippen molar-refractivity contribution in [2.24, 2.45) is 0 Å². The number of furan rings is 1. The lowest BCUT2D eigenvalue weighted by molar-refractivity contribution is 0.672. The van der Waals surface area contributed by atoms with Crippen molar-refractivity contribution in [1.82, 2.24) is 0 Å². The summed E-state index contributed by atoms with van der Waals surface area (Å²) in [6, 6.07) is 72.3. The van der Waals surface area contributed by atoms with Crippen LogP contribution in [0, 0.1) is 0 Å². The number of rotatable bonds is 5. The quantitative estimate of drug-likeness (QED) is 0.168. The molecule has 0 N–H and O–H groups in total. The van der Waals surface area contributed by atoms with Crippen LogP contribution in [0.4, 0.5) is 17.1 Å². The normalized spacial score (nSPS) is 11.7. The summed E-state index contributed by atoms with van der Waals surface area (Å²) in [4.78, 5) is 2.36. The molecule has 0 unspecified atom stereocenters. The van der Waals surface area contributed by atoms with Gasteiger partial charge in [-0.2, -0.15) is 0 Å². The summed E-state index contributed by atoms with van der Waals surface area (Å²) in [5, 5.41) is 12.1. The van der Waals surface area contributed by atoms with Gasteiger partial charge in [-0.3, -0.25) is 0 Å². The van der Waals surface area contributed by atoms with Crippen LogP contribution in [0.2, 0.25) is 0 Å². The smallest absolute Gasteiger partial charge is 0.143 e. The Labute approximate surface area is 312 Å². The highest BCUT2D eigenvalue weighted by Crippen LogP contribution is 2.42. The summed E-state index contributed by atoms with van der Waals surface area (Å²) in [6.45, 7) is 0. The topological polar surface area (TPSA) is 16.4 Å². The van der Waals surface area contributed by atoms with Gasteiger partial charge >= 0.3 is 0 Å². The summed E-state index contributed by atoms with van der Waals surface area (Å²) in [5.74, 6) is 0. The minimum Gasteiger partial charge on any atom is -0.455 e. The molecule has 0 fully saturated rings. The average Bonchev–Trinajstić information content (AvgIpc) is 3.63. The van der Waals surface area contributed by atoms with Gasteiger partial charge in [-0.25, -0.2) is 0 Å². The summed E-state index contributed by atoms with van der Waals surface area (Å²) >= 11 is 0. The molecule has 2 nitrogen and oxygen atoms in total. The molecule has 1 heterocycles. The predicted molar refractivity (Wildman–Crippen MR) is 229 cm³/mol. The van der Waals surface area contributed by atoms with Crippen LogP contribution in [-0.2, 0) is 0 Å². The Morgan fingerprint density at radius 2 is 0.944 bits per heavy atom. The highest BCUT2D eigenvalue weighted by Gasteiger charge is 2.18. The third-order valence-corrected chi connectivity index (χ3v) is 11.0. The molecule has 0 saturated heterocycles. The van der Waals surface area contributed by atoms with Crippen molar-refractivity contribution in [2.75, 3.05) is 4.90 Å². The van der Waals surface area contributed by atoms with Crippen molar-refractivity contribution in [3.63, 3.8) is 0 Å². The van der Waals surface area contributed by atoms with E-state index in [9.17, 15) is 0 Å². The van der Waals surface area contributed by atoms with E-state index in [2.05, 4.69) is 199 Å². The van der Waals surface area contributed by atoms with E-state index in [1.807, 2.05) is 6.07 Å². The first-order valence-electron chi connectivity index (χ1n) is 18.5. The third kappa shape index (κ3) is 4.88. The van der Waals surface area contributed by atoms with E-state index in [0.29, 0.717) is 0 Å². The SMILES string of the molecule is c1ccc(-c2cccc(N(c3ccc(-c4cccc5ccc6c7ccccc7ccc6c45)cc3)c3ccc4ccc5c6ccccc6oc5c4c3)c2)cc1. The van der Waals surface area contributed by atoms with Crippen molar-refractivity contribution >= 4 is 82.1 Å². The Hall–Kier alpha value is -7.16. The van der Waals surface area contributed by atoms with Gasteiger partial charge in [0.2, 0.25) is 0 Å². The maximum absolute atomic E-state index is 6.52. The van der Waals surface area contributed by atoms with E-state index >= 15 is 0 Å². The zero-order valence-corrected chi connectivity index (χ0v) is 29.4. The van der Waals surface area contributed by atoms with Crippen LogP contribution in [0.5, 0.6) is 0 Å². The molecule has 0 spiro atoms. The lowest BCUT2D eigenvalue weighted by Crippen LogP contribution is -2.10. The third-order valence-electron chi connectivity index (χ3n) is 11.0. The number of fused-ring (bicyclic) bond motifs is 10. The Bertz CT molecular complexity index is 3210. The van der Waals surface area contributed by atoms with E-state index in [1.165, 1.54) is 54.6 Å². The Morgan fingerprint density at radius 1 is 0.315 bits per heavy atom. The van der Waals surface area contributed by atoms with Gasteiger partial charge in [-0.05, 0) is 108 Å². The van der Waals surface area contributed by atoms with Gasteiger partial charge in [0.25, 0.3) is 0 Å². The van der Waals surface area contributed by atoms with Crippen LogP contribution in [0.25, 0.3) is 87.3 Å². The zero-order valence-electron chi connectivity index (χ0n) is 29.4. The van der Waals surface area contributed by atoms with Gasteiger partial charge in [-0.1, -0.05) is 152 Å². The van der Waals surface area contributed by atoms with Gasteiger partial charge in [0, 0.05) is 33.2 Å². The zero-order chi connectivity index (χ0) is 35.6. The number of benzene rings is 10. The summed E-state index contributed by atoms with van der Waals surface area (Å²) < 4.78 is 6.52. The minimum atomic E-state index is 0.905. The molecule has 11 rings (SSSR count). The lowest BCUT2D eigenvalue weighted by Gasteiger charge is -2.26. The molecule has 0 radical (unpaired) electrons. The van der Waals surface area contributed by atoms with Gasteiger partial charge in [-0.15, -0.1) is 0 Å². The van der Waals surface area contributed by atoms with E-state index in [0.717, 1.165) is 49.8 Å². The first-order valence-corrected chi connectivity index (χ1v) is 18.5. The van der Waals surface area contributed by atoms with E-state index < -0.39 is 0 Å². The van der Waals surface area contributed by atoms with Crippen LogP contribution in [0.15, 0.2) is 205 Å². The first-order chi connectivity index (χ1) is 26.8. The Balaban J connectivity index is 1.09. The second-order valence-corrected chi connectivity index (χ2v) is 14.1. The number of nitrogens with zero attached hydrogens (tertiary/aromatic N) is 1. The molecule has 0 aliphatic rings. The van der Waals surface area contributed by atoms with Gasteiger partial charge in [0.05, 0.1) is 0 Å². The highest BCUT2D eigenvalue weighted by molar-refractivity contribution is 6.21. The van der Waals surface area contributed by atoms with E-state index in [1.54, 1.807) is 0 Å². The average molecular weight is 688 g/mol. The molecule has 10 aromatic carbocycles. The van der Waals surface area contributed by atoms with Crippen molar-refractivity contribution in [2.45, 2.75) is 0 Å². The number of hydrogen-bond donors (Lipinski definition) is 0. The molecule has 0 bridgehead atoms. The fourth-order valence-electron chi connectivity index (χ4n) is 8.44. The minimum absolute atomic E-state index is 0.905. The second kappa shape index (κ2) is 12.2. The predicted octanol–water partition coefficient (Wildman–Crippen LogP) is 15.0. The molecule has 0 aliphatic heterocycles. The molecule has 0 aliphatic carbocycles. The molecular weight excluding hydrogens is 655 g/mol. The maximum atomic E-state index is 6.52. The van der Waals surface area contributed by atoms with Crippen molar-refractivity contribution in [3.05, 3.63) is 200 Å². The van der Waals surface area contributed by atoms with Crippen LogP contribution in [0.3, 0.4) is 0 Å². The Kier molecular flexibility index (Phi) is 6.90. The van der Waals surface area contributed by atoms with E-state index in [-0.39, 0.29) is 0 Å². The summed E-state index contributed by atoms with van der Waals surface area (Å²) in [7, 11) is 0. The molecule has 0 saturated carbocycles. The molecule has 11 aromatic rings. The van der Waals surface area contributed by atoms with Gasteiger partial charge in [0.15, 0.2) is 0 Å². The van der Waals surface area contributed by atoms with Crippen LogP contribution in [0.1, 0.15) is 0 Å². The summed E-state index contributed by atoms with van der Waals surface area (Å²) in [6.07, 6.45) is 0. The van der Waals surface area contributed by atoms with Crippen LogP contribution in [-0.4, -0.2) is 0 Å². The number of anilines is 3. The van der Waals surface area contributed by atoms with Crippen LogP contribution < -0.4 is 4.90 Å². The largest absolute Gasteiger partial charge is 0.455 e. The molecule has 0 amide bonds. The second-order valence-electron chi connectivity index (χ2n) is 14.1. The summed E-state index contributed by atoms with van der Waals surface area (Å²) in [5.41, 5.74) is 9.83. The van der Waals surface area contributed by atoms with Crippen molar-refractivity contribution in [1.29, 1.82) is 0 Å². The molecule has 54 heavy (non-hydrogen) atoms. The molecule has 2 heteroatoms. The fraction of sp³-hybridized carbons (Fsp3) is 0. The fourth-order valence-corrected chi connectivity index (χ4v) is 8.44. The lowest BCUT2D eigenvalue weighted by atomic mass is 9.91. The highest BCUT2D eigenvalue weighted by atomic mass is 16.3.